The summed E-state index contributed by atoms with van der Waals surface area (Å²) in [6.07, 6.45) is 6.11. The highest BCUT2D eigenvalue weighted by Gasteiger charge is 2.19. The number of rotatable bonds is 3. The fourth-order valence-electron chi connectivity index (χ4n) is 3.25. The first-order valence-electron chi connectivity index (χ1n) is 8.16. The molecule has 7 heteroatoms. The molecule has 0 aliphatic heterocycles. The van der Waals surface area contributed by atoms with Gasteiger partial charge in [0.2, 0.25) is 5.95 Å². The van der Waals surface area contributed by atoms with E-state index in [1.165, 1.54) is 25.1 Å². The van der Waals surface area contributed by atoms with Crippen LogP contribution in [0.15, 0.2) is 30.5 Å². The lowest BCUT2D eigenvalue weighted by Gasteiger charge is -2.16. The molecule has 3 aromatic rings. The van der Waals surface area contributed by atoms with Crippen molar-refractivity contribution in [1.82, 2.24) is 15.2 Å². The van der Waals surface area contributed by atoms with Crippen LogP contribution in [0.3, 0.4) is 0 Å². The van der Waals surface area contributed by atoms with Crippen molar-refractivity contribution in [1.29, 1.82) is 0 Å². The van der Waals surface area contributed by atoms with E-state index in [0.29, 0.717) is 33.2 Å². The van der Waals surface area contributed by atoms with Gasteiger partial charge in [0.25, 0.3) is 0 Å². The van der Waals surface area contributed by atoms with E-state index < -0.39 is 5.95 Å². The van der Waals surface area contributed by atoms with Gasteiger partial charge in [0.15, 0.2) is 5.82 Å². The molecule has 0 spiro atoms. The highest BCUT2D eigenvalue weighted by molar-refractivity contribution is 6.43. The number of fused-ring (bicyclic) bond motifs is 1. The van der Waals surface area contributed by atoms with Gasteiger partial charge >= 0.3 is 0 Å². The lowest BCUT2D eigenvalue weighted by Crippen LogP contribution is -2.16. The zero-order chi connectivity index (χ0) is 17.4. The molecule has 4 rings (SSSR count). The maximum absolute atomic E-state index is 13.1. The molecule has 25 heavy (non-hydrogen) atoms. The number of aromatic nitrogens is 3. The number of nitrogens with one attached hydrogen (secondary N) is 1. The summed E-state index contributed by atoms with van der Waals surface area (Å²) in [5, 5.41) is 14.7. The average molecular weight is 377 g/mol. The van der Waals surface area contributed by atoms with E-state index in [4.69, 9.17) is 23.2 Å². The summed E-state index contributed by atoms with van der Waals surface area (Å²) in [6.45, 7) is 0. The van der Waals surface area contributed by atoms with E-state index in [-0.39, 0.29) is 0 Å². The summed E-state index contributed by atoms with van der Waals surface area (Å²) in [4.78, 5) is 3.70. The van der Waals surface area contributed by atoms with E-state index in [0.717, 1.165) is 23.6 Å². The van der Waals surface area contributed by atoms with Gasteiger partial charge in [0.05, 0.1) is 10.0 Å². The first-order chi connectivity index (χ1) is 12.1. The molecule has 128 valence electrons. The predicted molar refractivity (Wildman–Crippen MR) is 98.6 cm³/mol. The van der Waals surface area contributed by atoms with Crippen LogP contribution in [0, 0.1) is 5.95 Å². The third-order valence-electron chi connectivity index (χ3n) is 4.52. The van der Waals surface area contributed by atoms with E-state index in [2.05, 4.69) is 20.5 Å². The van der Waals surface area contributed by atoms with Gasteiger partial charge in [-0.15, -0.1) is 10.2 Å². The molecule has 0 atom stereocenters. The smallest absolute Gasteiger partial charge is 0.212 e. The quantitative estimate of drug-likeness (QED) is 0.613. The number of benzene rings is 1. The Morgan fingerprint density at radius 2 is 1.72 bits per heavy atom. The minimum atomic E-state index is -0.540. The molecule has 0 saturated heterocycles. The monoisotopic (exact) mass is 376 g/mol. The molecule has 1 aliphatic carbocycles. The third kappa shape index (κ3) is 3.26. The molecule has 4 nitrogen and oxygen atoms in total. The maximum atomic E-state index is 13.1. The van der Waals surface area contributed by atoms with Crippen molar-refractivity contribution in [2.45, 2.75) is 31.7 Å². The third-order valence-corrected chi connectivity index (χ3v) is 5.24. The Bertz CT molecular complexity index is 925. The van der Waals surface area contributed by atoms with Crippen LogP contribution in [0.2, 0.25) is 10.0 Å². The van der Waals surface area contributed by atoms with Crippen LogP contribution in [0.4, 0.5) is 10.2 Å². The SMILES string of the molecule is Fc1ccc(-c2nnc(NC3CCCC3)c3cc(Cl)c(Cl)cc23)cn1. The van der Waals surface area contributed by atoms with Crippen molar-refractivity contribution < 1.29 is 4.39 Å². The van der Waals surface area contributed by atoms with Gasteiger partial charge in [-0.2, -0.15) is 4.39 Å². The molecule has 0 bridgehead atoms. The number of pyridine rings is 1. The second-order valence-electron chi connectivity index (χ2n) is 6.20. The first-order valence-corrected chi connectivity index (χ1v) is 8.91. The van der Waals surface area contributed by atoms with Crippen molar-refractivity contribution in [2.24, 2.45) is 0 Å². The second-order valence-corrected chi connectivity index (χ2v) is 7.02. The number of nitrogens with zero attached hydrogens (tertiary/aromatic N) is 3. The Balaban J connectivity index is 1.87. The zero-order valence-corrected chi connectivity index (χ0v) is 14.8. The largest absolute Gasteiger partial charge is 0.365 e. The number of halogens is 3. The van der Waals surface area contributed by atoms with Crippen LogP contribution in [0.5, 0.6) is 0 Å². The molecular weight excluding hydrogens is 362 g/mol. The summed E-state index contributed by atoms with van der Waals surface area (Å²) >= 11 is 12.4. The molecule has 1 saturated carbocycles. The van der Waals surface area contributed by atoms with Crippen molar-refractivity contribution >= 4 is 39.8 Å². The molecule has 2 aromatic heterocycles. The summed E-state index contributed by atoms with van der Waals surface area (Å²) in [7, 11) is 0. The number of hydrogen-bond acceptors (Lipinski definition) is 4. The minimum absolute atomic E-state index is 0.394. The molecule has 0 amide bonds. The van der Waals surface area contributed by atoms with Crippen LogP contribution in [0.1, 0.15) is 25.7 Å². The van der Waals surface area contributed by atoms with Crippen LogP contribution >= 0.6 is 23.2 Å². The summed E-state index contributed by atoms with van der Waals surface area (Å²) in [5.41, 5.74) is 1.27. The molecule has 1 fully saturated rings. The molecular formula is C18H15Cl2FN4. The Morgan fingerprint density at radius 3 is 2.40 bits per heavy atom. The second kappa shape index (κ2) is 6.73. The lowest BCUT2D eigenvalue weighted by atomic mass is 10.1. The van der Waals surface area contributed by atoms with Crippen LogP contribution < -0.4 is 5.32 Å². The van der Waals surface area contributed by atoms with E-state index in [9.17, 15) is 4.39 Å². The average Bonchev–Trinajstić information content (AvgIpc) is 3.11. The maximum Gasteiger partial charge on any atom is 0.212 e. The molecule has 0 unspecified atom stereocenters. The highest BCUT2D eigenvalue weighted by Crippen LogP contribution is 2.36. The lowest BCUT2D eigenvalue weighted by molar-refractivity contribution is 0.584. The summed E-state index contributed by atoms with van der Waals surface area (Å²) in [5.74, 6) is 0.154. The van der Waals surface area contributed by atoms with Gasteiger partial charge in [0.1, 0.15) is 5.69 Å². The van der Waals surface area contributed by atoms with Gasteiger partial charge in [-0.3, -0.25) is 0 Å². The van der Waals surface area contributed by atoms with E-state index in [1.807, 2.05) is 0 Å². The topological polar surface area (TPSA) is 50.7 Å². The summed E-state index contributed by atoms with van der Waals surface area (Å²) < 4.78 is 13.1. The van der Waals surface area contributed by atoms with E-state index >= 15 is 0 Å². The van der Waals surface area contributed by atoms with Crippen LogP contribution in [-0.4, -0.2) is 21.2 Å². The fourth-order valence-corrected chi connectivity index (χ4v) is 3.57. The number of anilines is 1. The van der Waals surface area contributed by atoms with Gasteiger partial charge in [0, 0.05) is 28.6 Å². The molecule has 0 radical (unpaired) electrons. The van der Waals surface area contributed by atoms with E-state index in [1.54, 1.807) is 18.2 Å². The first kappa shape index (κ1) is 16.5. The normalized spacial score (nSPS) is 15.0. The van der Waals surface area contributed by atoms with Gasteiger partial charge in [-0.25, -0.2) is 4.98 Å². The number of hydrogen-bond donors (Lipinski definition) is 1. The predicted octanol–water partition coefficient (Wildman–Crippen LogP) is 5.49. The van der Waals surface area contributed by atoms with Gasteiger partial charge in [-0.05, 0) is 37.1 Å². The van der Waals surface area contributed by atoms with Crippen molar-refractivity contribution in [2.75, 3.05) is 5.32 Å². The van der Waals surface area contributed by atoms with Gasteiger partial charge < -0.3 is 5.32 Å². The molecule has 2 heterocycles. The minimum Gasteiger partial charge on any atom is -0.365 e. The standard InChI is InChI=1S/C18H15Cl2FN4/c19-14-7-12-13(8-15(14)20)18(23-11-3-1-2-4-11)25-24-17(12)10-5-6-16(21)22-9-10/h5-9,11H,1-4H2,(H,23,25). The van der Waals surface area contributed by atoms with Gasteiger partial charge in [-0.1, -0.05) is 36.0 Å². The summed E-state index contributed by atoms with van der Waals surface area (Å²) in [6, 6.07) is 6.88. The van der Waals surface area contributed by atoms with Crippen molar-refractivity contribution in [3.05, 3.63) is 46.5 Å². The fraction of sp³-hybridized carbons (Fsp3) is 0.278. The molecule has 1 aromatic carbocycles. The van der Waals surface area contributed by atoms with Crippen molar-refractivity contribution in [3.63, 3.8) is 0 Å². The Labute approximate surface area is 154 Å². The highest BCUT2D eigenvalue weighted by atomic mass is 35.5. The molecule has 1 N–H and O–H groups in total. The van der Waals surface area contributed by atoms with Crippen molar-refractivity contribution in [3.8, 4) is 11.3 Å². The Hall–Kier alpha value is -1.98. The van der Waals surface area contributed by atoms with Crippen LogP contribution in [-0.2, 0) is 0 Å². The zero-order valence-electron chi connectivity index (χ0n) is 13.3. The van der Waals surface area contributed by atoms with Crippen LogP contribution in [0.25, 0.3) is 22.0 Å². The Kier molecular flexibility index (Phi) is 4.44. The molecule has 1 aliphatic rings. The Morgan fingerprint density at radius 1 is 1.00 bits per heavy atom.